The highest BCUT2D eigenvalue weighted by Crippen LogP contribution is 2.10. The van der Waals surface area contributed by atoms with E-state index in [2.05, 4.69) is 11.9 Å². The first-order valence-corrected chi connectivity index (χ1v) is 3.66. The molecule has 1 fully saturated rings. The number of ether oxygens (including phenoxy) is 2. The highest BCUT2D eigenvalue weighted by Gasteiger charge is 2.17. The summed E-state index contributed by atoms with van der Waals surface area (Å²) in [5, 5.41) is 2.93. The Balaban J connectivity index is 2.51. The highest BCUT2D eigenvalue weighted by atomic mass is 16.6. The van der Waals surface area contributed by atoms with Crippen LogP contribution in [0.15, 0.2) is 24.6 Å². The van der Waals surface area contributed by atoms with Gasteiger partial charge in [0.05, 0.1) is 6.61 Å². The van der Waals surface area contributed by atoms with Gasteiger partial charge in [0.25, 0.3) is 0 Å². The lowest BCUT2D eigenvalue weighted by Crippen LogP contribution is -2.36. The summed E-state index contributed by atoms with van der Waals surface area (Å²) in [6, 6.07) is 0. The van der Waals surface area contributed by atoms with E-state index in [0.29, 0.717) is 13.2 Å². The zero-order valence-corrected chi connectivity index (χ0v) is 6.67. The van der Waals surface area contributed by atoms with Crippen LogP contribution >= 0.6 is 0 Å². The highest BCUT2D eigenvalue weighted by molar-refractivity contribution is 5.00. The van der Waals surface area contributed by atoms with Crippen LogP contribution in [0, 0.1) is 0 Å². The van der Waals surface area contributed by atoms with Crippen molar-refractivity contribution in [1.29, 1.82) is 0 Å². The molecule has 0 bridgehead atoms. The summed E-state index contributed by atoms with van der Waals surface area (Å²) in [5.41, 5.74) is 0. The van der Waals surface area contributed by atoms with Crippen molar-refractivity contribution >= 4 is 0 Å². The average molecular weight is 155 g/mol. The van der Waals surface area contributed by atoms with Crippen LogP contribution in [0.1, 0.15) is 6.92 Å². The van der Waals surface area contributed by atoms with Crippen molar-refractivity contribution in [3.63, 3.8) is 0 Å². The molecule has 1 rings (SSSR count). The molecule has 0 saturated carbocycles. The molecule has 1 unspecified atom stereocenters. The Hall–Kier alpha value is -0.960. The van der Waals surface area contributed by atoms with E-state index in [9.17, 15) is 0 Å². The van der Waals surface area contributed by atoms with Crippen LogP contribution in [0.5, 0.6) is 0 Å². The zero-order valence-electron chi connectivity index (χ0n) is 6.67. The first-order chi connectivity index (χ1) is 5.38. The molecule has 0 amide bonds. The fourth-order valence-corrected chi connectivity index (χ4v) is 0.955. The standard InChI is InChI=1S/C8H13NO2/c1-3-7-8(9-4-2)11-6-5-10-7/h3-4,8-9H,2,5-6H2,1H3/b7-3+. The summed E-state index contributed by atoms with van der Waals surface area (Å²) < 4.78 is 10.7. The SMILES string of the molecule is C=CNC1OCCO/C1=C/C. The minimum atomic E-state index is -0.147. The third-order valence-electron chi connectivity index (χ3n) is 1.45. The van der Waals surface area contributed by atoms with E-state index in [4.69, 9.17) is 9.47 Å². The van der Waals surface area contributed by atoms with Gasteiger partial charge in [-0.3, -0.25) is 0 Å². The Bertz CT molecular complexity index is 165. The molecule has 0 aromatic rings. The molecule has 11 heavy (non-hydrogen) atoms. The lowest BCUT2D eigenvalue weighted by Gasteiger charge is -2.26. The topological polar surface area (TPSA) is 30.5 Å². The van der Waals surface area contributed by atoms with Crippen molar-refractivity contribution in [3.05, 3.63) is 24.6 Å². The lowest BCUT2D eigenvalue weighted by atomic mass is 10.4. The molecule has 0 aliphatic carbocycles. The quantitative estimate of drug-likeness (QED) is 0.645. The third kappa shape index (κ3) is 1.98. The number of allylic oxidation sites excluding steroid dienone is 1. The lowest BCUT2D eigenvalue weighted by molar-refractivity contribution is -0.0511. The molecule has 0 aromatic carbocycles. The second kappa shape index (κ2) is 4.03. The largest absolute Gasteiger partial charge is 0.491 e. The summed E-state index contributed by atoms with van der Waals surface area (Å²) >= 11 is 0. The van der Waals surface area contributed by atoms with E-state index in [-0.39, 0.29) is 6.23 Å². The van der Waals surface area contributed by atoms with Gasteiger partial charge in [-0.2, -0.15) is 0 Å². The van der Waals surface area contributed by atoms with E-state index < -0.39 is 0 Å². The van der Waals surface area contributed by atoms with Gasteiger partial charge in [-0.15, -0.1) is 0 Å². The monoisotopic (exact) mass is 155 g/mol. The Kier molecular flexibility index (Phi) is 2.98. The molecule has 1 aliphatic heterocycles. The molecule has 1 saturated heterocycles. The van der Waals surface area contributed by atoms with Crippen molar-refractivity contribution < 1.29 is 9.47 Å². The average Bonchev–Trinajstić information content (AvgIpc) is 2.06. The van der Waals surface area contributed by atoms with Crippen LogP contribution in [0.4, 0.5) is 0 Å². The summed E-state index contributed by atoms with van der Waals surface area (Å²) in [4.78, 5) is 0. The van der Waals surface area contributed by atoms with Crippen LogP contribution in [0.25, 0.3) is 0 Å². The molecule has 0 spiro atoms. The Morgan fingerprint density at radius 1 is 1.64 bits per heavy atom. The minimum Gasteiger partial charge on any atom is -0.491 e. The van der Waals surface area contributed by atoms with Gasteiger partial charge in [-0.05, 0) is 19.2 Å². The van der Waals surface area contributed by atoms with Crippen LogP contribution in [0.2, 0.25) is 0 Å². The number of hydrogen-bond donors (Lipinski definition) is 1. The zero-order chi connectivity index (χ0) is 8.10. The van der Waals surface area contributed by atoms with Crippen LogP contribution in [0.3, 0.4) is 0 Å². The van der Waals surface area contributed by atoms with Crippen molar-refractivity contribution in [1.82, 2.24) is 5.32 Å². The molecule has 0 aromatic heterocycles. The smallest absolute Gasteiger partial charge is 0.185 e. The van der Waals surface area contributed by atoms with Gasteiger partial charge in [0.2, 0.25) is 0 Å². The molecule has 0 radical (unpaired) electrons. The Morgan fingerprint density at radius 3 is 3.09 bits per heavy atom. The molecule has 1 heterocycles. The van der Waals surface area contributed by atoms with E-state index in [1.54, 1.807) is 6.20 Å². The summed E-state index contributed by atoms with van der Waals surface area (Å²) in [6.45, 7) is 6.73. The summed E-state index contributed by atoms with van der Waals surface area (Å²) in [7, 11) is 0. The predicted molar refractivity (Wildman–Crippen MR) is 42.8 cm³/mol. The fraction of sp³-hybridized carbons (Fsp3) is 0.500. The van der Waals surface area contributed by atoms with Gasteiger partial charge in [0.1, 0.15) is 12.4 Å². The van der Waals surface area contributed by atoms with E-state index in [0.717, 1.165) is 5.76 Å². The fourth-order valence-electron chi connectivity index (χ4n) is 0.955. The second-order valence-corrected chi connectivity index (χ2v) is 2.16. The molecule has 1 atom stereocenters. The predicted octanol–water partition coefficient (Wildman–Crippen LogP) is 0.996. The van der Waals surface area contributed by atoms with Crippen molar-refractivity contribution in [2.24, 2.45) is 0 Å². The van der Waals surface area contributed by atoms with Crippen molar-refractivity contribution in [2.45, 2.75) is 13.2 Å². The van der Waals surface area contributed by atoms with Gasteiger partial charge < -0.3 is 14.8 Å². The maximum Gasteiger partial charge on any atom is 0.185 e. The van der Waals surface area contributed by atoms with Gasteiger partial charge in [0, 0.05) is 0 Å². The van der Waals surface area contributed by atoms with Gasteiger partial charge in [-0.1, -0.05) is 6.58 Å². The maximum atomic E-state index is 5.35. The Labute approximate surface area is 66.7 Å². The van der Waals surface area contributed by atoms with Crippen LogP contribution < -0.4 is 5.32 Å². The number of hydrogen-bond acceptors (Lipinski definition) is 3. The van der Waals surface area contributed by atoms with E-state index >= 15 is 0 Å². The normalized spacial score (nSPS) is 27.7. The molecular weight excluding hydrogens is 142 g/mol. The van der Waals surface area contributed by atoms with Crippen LogP contribution in [-0.4, -0.2) is 19.4 Å². The molecule has 3 nitrogen and oxygen atoms in total. The van der Waals surface area contributed by atoms with Gasteiger partial charge in [-0.25, -0.2) is 0 Å². The van der Waals surface area contributed by atoms with E-state index in [1.807, 2.05) is 13.0 Å². The van der Waals surface area contributed by atoms with Crippen molar-refractivity contribution in [3.8, 4) is 0 Å². The number of rotatable bonds is 2. The maximum absolute atomic E-state index is 5.35. The molecule has 62 valence electrons. The third-order valence-corrected chi connectivity index (χ3v) is 1.45. The van der Waals surface area contributed by atoms with Crippen molar-refractivity contribution in [2.75, 3.05) is 13.2 Å². The van der Waals surface area contributed by atoms with E-state index in [1.165, 1.54) is 0 Å². The summed E-state index contributed by atoms with van der Waals surface area (Å²) in [5.74, 6) is 0.830. The Morgan fingerprint density at radius 2 is 2.45 bits per heavy atom. The molecular formula is C8H13NO2. The molecule has 3 heteroatoms. The first-order valence-electron chi connectivity index (χ1n) is 3.66. The summed E-state index contributed by atoms with van der Waals surface area (Å²) in [6.07, 6.45) is 3.34. The molecule has 1 aliphatic rings. The van der Waals surface area contributed by atoms with Crippen LogP contribution in [-0.2, 0) is 9.47 Å². The van der Waals surface area contributed by atoms with Gasteiger partial charge >= 0.3 is 0 Å². The van der Waals surface area contributed by atoms with Gasteiger partial charge in [0.15, 0.2) is 6.23 Å². The minimum absolute atomic E-state index is 0.147. The first kappa shape index (κ1) is 8.14. The molecule has 1 N–H and O–H groups in total. The number of nitrogens with one attached hydrogen (secondary N) is 1. The second-order valence-electron chi connectivity index (χ2n) is 2.16.